The van der Waals surface area contributed by atoms with Crippen molar-refractivity contribution in [2.75, 3.05) is 6.54 Å². The maximum Gasteiger partial charge on any atom is 0.410 e. The number of carboxylic acids is 2. The van der Waals surface area contributed by atoms with E-state index in [4.69, 9.17) is 14.8 Å². The molecular weight excluding hydrogens is 460 g/mol. The van der Waals surface area contributed by atoms with Crippen molar-refractivity contribution in [1.82, 2.24) is 9.88 Å². The molecule has 3 aromatic rings. The molecule has 0 saturated heterocycles. The maximum absolute atomic E-state index is 12.9. The molecule has 2 aliphatic rings. The van der Waals surface area contributed by atoms with Crippen LogP contribution in [0.25, 0.3) is 22.2 Å². The summed E-state index contributed by atoms with van der Waals surface area (Å²) in [6.45, 7) is 0.393. The zero-order chi connectivity index (χ0) is 25.3. The second kappa shape index (κ2) is 9.60. The number of amides is 1. The van der Waals surface area contributed by atoms with Gasteiger partial charge < -0.3 is 19.8 Å². The minimum absolute atomic E-state index is 0.0619. The first-order valence-electron chi connectivity index (χ1n) is 12.3. The van der Waals surface area contributed by atoms with Crippen molar-refractivity contribution in [1.29, 1.82) is 0 Å². The molecule has 2 N–H and O–H groups in total. The molecule has 2 aliphatic carbocycles. The van der Waals surface area contributed by atoms with Crippen LogP contribution in [0, 0.1) is 5.41 Å². The summed E-state index contributed by atoms with van der Waals surface area (Å²) in [6, 6.07) is 16.1. The van der Waals surface area contributed by atoms with Crippen molar-refractivity contribution < 1.29 is 29.3 Å². The third-order valence-corrected chi connectivity index (χ3v) is 7.11. The van der Waals surface area contributed by atoms with Crippen LogP contribution < -0.4 is 0 Å². The fourth-order valence-corrected chi connectivity index (χ4v) is 4.88. The van der Waals surface area contributed by atoms with Crippen molar-refractivity contribution >= 4 is 28.9 Å². The molecule has 2 aromatic carbocycles. The number of carboxylic acid groups (broad SMARTS) is 2. The van der Waals surface area contributed by atoms with E-state index in [0.717, 1.165) is 53.4 Å². The predicted octanol–water partition coefficient (Wildman–Crippen LogP) is 5.35. The Hall–Kier alpha value is -3.94. The highest BCUT2D eigenvalue weighted by Crippen LogP contribution is 2.40. The summed E-state index contributed by atoms with van der Waals surface area (Å²) in [5.41, 5.74) is 2.47. The lowest BCUT2D eigenvalue weighted by Gasteiger charge is -2.31. The fraction of sp³-hybridized carbons (Fsp3) is 0.357. The number of aliphatic carboxylic acids is 1. The van der Waals surface area contributed by atoms with Gasteiger partial charge in [0.1, 0.15) is 6.10 Å². The van der Waals surface area contributed by atoms with Gasteiger partial charge in [-0.1, -0.05) is 37.1 Å². The van der Waals surface area contributed by atoms with E-state index in [9.17, 15) is 19.5 Å². The first-order valence-corrected chi connectivity index (χ1v) is 12.3. The third kappa shape index (κ3) is 5.03. The lowest BCUT2D eigenvalue weighted by Crippen LogP contribution is -2.44. The number of aromatic carboxylic acids is 1. The molecule has 186 valence electrons. The summed E-state index contributed by atoms with van der Waals surface area (Å²) in [4.78, 5) is 42.4. The summed E-state index contributed by atoms with van der Waals surface area (Å²) in [7, 11) is 0. The Labute approximate surface area is 208 Å². The van der Waals surface area contributed by atoms with Gasteiger partial charge in [0.25, 0.3) is 0 Å². The first-order chi connectivity index (χ1) is 17.3. The van der Waals surface area contributed by atoms with Crippen molar-refractivity contribution in [3.8, 4) is 11.3 Å². The van der Waals surface area contributed by atoms with Crippen molar-refractivity contribution in [3.05, 3.63) is 65.7 Å². The van der Waals surface area contributed by atoms with Gasteiger partial charge in [0.05, 0.1) is 22.2 Å². The smallest absolute Gasteiger partial charge is 0.410 e. The minimum atomic E-state index is -0.974. The highest BCUT2D eigenvalue weighted by atomic mass is 16.6. The van der Waals surface area contributed by atoms with E-state index < -0.39 is 23.4 Å². The normalized spacial score (nSPS) is 16.6. The van der Waals surface area contributed by atoms with Crippen LogP contribution in [0.4, 0.5) is 4.79 Å². The number of benzene rings is 2. The highest BCUT2D eigenvalue weighted by molar-refractivity contribution is 5.88. The highest BCUT2D eigenvalue weighted by Gasteiger charge is 2.44. The molecule has 0 atom stereocenters. The third-order valence-electron chi connectivity index (χ3n) is 7.11. The molecular formula is C28H28N2O6. The number of carbonyl (C=O) groups is 3. The van der Waals surface area contributed by atoms with Gasteiger partial charge >= 0.3 is 18.0 Å². The van der Waals surface area contributed by atoms with Gasteiger partial charge in [0.2, 0.25) is 0 Å². The Morgan fingerprint density at radius 2 is 1.69 bits per heavy atom. The van der Waals surface area contributed by atoms with E-state index in [2.05, 4.69) is 0 Å². The van der Waals surface area contributed by atoms with E-state index >= 15 is 0 Å². The molecule has 0 aliphatic heterocycles. The molecule has 8 nitrogen and oxygen atoms in total. The number of pyridine rings is 1. The molecule has 36 heavy (non-hydrogen) atoms. The minimum Gasteiger partial charge on any atom is -0.481 e. The molecule has 0 unspecified atom stereocenters. The summed E-state index contributed by atoms with van der Waals surface area (Å²) < 4.78 is 5.55. The molecule has 8 heteroatoms. The van der Waals surface area contributed by atoms with E-state index in [1.165, 1.54) is 0 Å². The average molecular weight is 489 g/mol. The number of aromatic nitrogens is 1. The van der Waals surface area contributed by atoms with Crippen LogP contribution in [0.15, 0.2) is 54.6 Å². The van der Waals surface area contributed by atoms with Crippen LogP contribution >= 0.6 is 0 Å². The van der Waals surface area contributed by atoms with Gasteiger partial charge in [0, 0.05) is 24.0 Å². The summed E-state index contributed by atoms with van der Waals surface area (Å²) in [5, 5.41) is 19.9. The predicted molar refractivity (Wildman–Crippen MR) is 133 cm³/mol. The van der Waals surface area contributed by atoms with Gasteiger partial charge in [-0.3, -0.25) is 4.79 Å². The number of carbonyl (C=O) groups excluding carboxylic acids is 1. The van der Waals surface area contributed by atoms with Crippen LogP contribution in [0.3, 0.4) is 0 Å². The molecule has 2 saturated carbocycles. The topological polar surface area (TPSA) is 117 Å². The SMILES string of the molecule is O=C(O)c1ccc(-c2ccc3cc(CN(CC4(C(=O)O)CCCC4)C(=O)OC4CC4)ccc3n2)cc1. The van der Waals surface area contributed by atoms with Gasteiger partial charge in [0.15, 0.2) is 0 Å². The zero-order valence-electron chi connectivity index (χ0n) is 19.9. The Morgan fingerprint density at radius 1 is 0.972 bits per heavy atom. The molecule has 0 spiro atoms. The Balaban J connectivity index is 1.38. The van der Waals surface area contributed by atoms with Gasteiger partial charge in [-0.15, -0.1) is 0 Å². The lowest BCUT2D eigenvalue weighted by atomic mass is 9.85. The zero-order valence-corrected chi connectivity index (χ0v) is 19.9. The number of hydrogen-bond acceptors (Lipinski definition) is 5. The van der Waals surface area contributed by atoms with Crippen LogP contribution in [-0.2, 0) is 16.1 Å². The van der Waals surface area contributed by atoms with E-state index in [-0.39, 0.29) is 24.8 Å². The number of hydrogen-bond donors (Lipinski definition) is 2. The number of fused-ring (bicyclic) bond motifs is 1. The van der Waals surface area contributed by atoms with Crippen LogP contribution in [0.5, 0.6) is 0 Å². The second-order valence-electron chi connectivity index (χ2n) is 9.84. The number of ether oxygens (including phenoxy) is 1. The van der Waals surface area contributed by atoms with Crippen LogP contribution in [-0.4, -0.2) is 50.8 Å². The molecule has 1 heterocycles. The molecule has 2 fully saturated rings. The largest absolute Gasteiger partial charge is 0.481 e. The fourth-order valence-electron chi connectivity index (χ4n) is 4.88. The number of nitrogens with zero attached hydrogens (tertiary/aromatic N) is 2. The molecule has 5 rings (SSSR count). The molecule has 0 bridgehead atoms. The quantitative estimate of drug-likeness (QED) is 0.439. The van der Waals surface area contributed by atoms with Gasteiger partial charge in [-0.2, -0.15) is 0 Å². The Morgan fingerprint density at radius 3 is 2.33 bits per heavy atom. The summed E-state index contributed by atoms with van der Waals surface area (Å²) in [5.74, 6) is -1.83. The Bertz CT molecular complexity index is 1310. The maximum atomic E-state index is 12.9. The standard InChI is InChI=1S/C28H28N2O6/c31-25(32)20-6-4-19(5-7-20)23-12-8-21-15-18(3-11-24(21)29-23)16-30(27(35)36-22-9-10-22)17-28(26(33)34)13-1-2-14-28/h3-8,11-12,15,22H,1-2,9-10,13-14,16-17H2,(H,31,32)(H,33,34). The number of rotatable bonds is 8. The molecule has 0 radical (unpaired) electrons. The first kappa shape index (κ1) is 23.8. The monoisotopic (exact) mass is 488 g/mol. The van der Waals surface area contributed by atoms with Crippen molar-refractivity contribution in [3.63, 3.8) is 0 Å². The average Bonchev–Trinajstić information content (AvgIpc) is 3.56. The van der Waals surface area contributed by atoms with E-state index in [0.29, 0.717) is 12.8 Å². The summed E-state index contributed by atoms with van der Waals surface area (Å²) in [6.07, 6.45) is 4.01. The second-order valence-corrected chi connectivity index (χ2v) is 9.84. The van der Waals surface area contributed by atoms with E-state index in [1.54, 1.807) is 29.2 Å². The van der Waals surface area contributed by atoms with Crippen molar-refractivity contribution in [2.45, 2.75) is 51.2 Å². The van der Waals surface area contributed by atoms with Crippen molar-refractivity contribution in [2.24, 2.45) is 5.41 Å². The Kier molecular flexibility index (Phi) is 6.35. The lowest BCUT2D eigenvalue weighted by molar-refractivity contribution is -0.149. The van der Waals surface area contributed by atoms with Crippen LogP contribution in [0.1, 0.15) is 54.4 Å². The van der Waals surface area contributed by atoms with Gasteiger partial charge in [-0.05, 0) is 61.6 Å². The molecule has 1 aromatic heterocycles. The van der Waals surface area contributed by atoms with Crippen LogP contribution in [0.2, 0.25) is 0 Å². The van der Waals surface area contributed by atoms with Gasteiger partial charge in [-0.25, -0.2) is 14.6 Å². The molecule has 1 amide bonds. The summed E-state index contributed by atoms with van der Waals surface area (Å²) >= 11 is 0. The van der Waals surface area contributed by atoms with E-state index in [1.807, 2.05) is 30.3 Å².